The van der Waals surface area contributed by atoms with E-state index in [0.29, 0.717) is 10.4 Å². The number of halogens is 3. The molecule has 0 aliphatic carbocycles. The van der Waals surface area contributed by atoms with Crippen molar-refractivity contribution in [1.29, 1.82) is 0 Å². The number of rotatable bonds is 8. The SMILES string of the molecule is COC(=O)c1cc(NC(=O)CN(c2cccc(C(F)(F)F)c2)S(=O)(=O)c2ccccc2)cc(C(=O)OC)c1. The maximum absolute atomic E-state index is 13.4. The predicted octanol–water partition coefficient (Wildman–Crippen LogP) is 4.11. The molecule has 0 aliphatic heterocycles. The highest BCUT2D eigenvalue weighted by Crippen LogP contribution is 2.33. The molecule has 3 aromatic rings. The largest absolute Gasteiger partial charge is 0.465 e. The molecule has 200 valence electrons. The van der Waals surface area contributed by atoms with Crippen molar-refractivity contribution in [2.24, 2.45) is 0 Å². The van der Waals surface area contributed by atoms with Gasteiger partial charge in [-0.1, -0.05) is 24.3 Å². The van der Waals surface area contributed by atoms with Crippen LogP contribution in [0.2, 0.25) is 0 Å². The van der Waals surface area contributed by atoms with E-state index in [1.165, 1.54) is 42.5 Å². The van der Waals surface area contributed by atoms with Crippen LogP contribution in [0.25, 0.3) is 0 Å². The van der Waals surface area contributed by atoms with Gasteiger partial charge in [0, 0.05) is 5.69 Å². The van der Waals surface area contributed by atoms with Crippen molar-refractivity contribution in [1.82, 2.24) is 0 Å². The summed E-state index contributed by atoms with van der Waals surface area (Å²) in [4.78, 5) is 36.8. The standard InChI is InChI=1S/C25H21F3N2O7S/c1-36-23(32)16-11-17(24(33)37-2)13-19(12-16)29-22(31)15-30(38(34,35)21-9-4-3-5-10-21)20-8-6-7-18(14-20)25(26,27)28/h3-14H,15H2,1-2H3,(H,29,31). The molecule has 3 rings (SSSR count). The van der Waals surface area contributed by atoms with Crippen LogP contribution >= 0.6 is 0 Å². The maximum Gasteiger partial charge on any atom is 0.416 e. The zero-order valence-electron chi connectivity index (χ0n) is 20.0. The molecule has 13 heteroatoms. The van der Waals surface area contributed by atoms with Gasteiger partial charge in [-0.25, -0.2) is 18.0 Å². The van der Waals surface area contributed by atoms with Crippen molar-refractivity contribution in [3.05, 3.63) is 89.5 Å². The first-order chi connectivity index (χ1) is 17.9. The molecule has 1 amide bonds. The highest BCUT2D eigenvalue weighted by molar-refractivity contribution is 7.92. The molecular weight excluding hydrogens is 529 g/mol. The lowest BCUT2D eigenvalue weighted by Gasteiger charge is -2.25. The van der Waals surface area contributed by atoms with E-state index < -0.39 is 51.8 Å². The highest BCUT2D eigenvalue weighted by atomic mass is 32.2. The van der Waals surface area contributed by atoms with E-state index in [1.54, 1.807) is 6.07 Å². The maximum atomic E-state index is 13.4. The molecule has 0 saturated carbocycles. The molecule has 9 nitrogen and oxygen atoms in total. The highest BCUT2D eigenvalue weighted by Gasteiger charge is 2.33. The molecule has 38 heavy (non-hydrogen) atoms. The predicted molar refractivity (Wildman–Crippen MR) is 130 cm³/mol. The quantitative estimate of drug-likeness (QED) is 0.419. The van der Waals surface area contributed by atoms with Crippen molar-refractivity contribution in [3.8, 4) is 0 Å². The first-order valence-corrected chi connectivity index (χ1v) is 12.2. The first kappa shape index (κ1) is 28.2. The van der Waals surface area contributed by atoms with Crippen LogP contribution < -0.4 is 9.62 Å². The number of carbonyl (C=O) groups excluding carboxylic acids is 3. The van der Waals surface area contributed by atoms with E-state index in [1.807, 2.05) is 0 Å². The number of benzene rings is 3. The number of methoxy groups -OCH3 is 2. The van der Waals surface area contributed by atoms with Crippen LogP contribution in [0.15, 0.2) is 77.7 Å². The number of anilines is 2. The smallest absolute Gasteiger partial charge is 0.416 e. The van der Waals surface area contributed by atoms with Gasteiger partial charge in [-0.15, -0.1) is 0 Å². The van der Waals surface area contributed by atoms with Crippen LogP contribution in [-0.4, -0.2) is 47.0 Å². The summed E-state index contributed by atoms with van der Waals surface area (Å²) in [5.41, 5.74) is -1.83. The molecule has 0 aliphatic rings. The van der Waals surface area contributed by atoms with E-state index in [9.17, 15) is 36.0 Å². The van der Waals surface area contributed by atoms with Crippen LogP contribution in [0, 0.1) is 0 Å². The lowest BCUT2D eigenvalue weighted by molar-refractivity contribution is -0.137. The molecule has 3 aromatic carbocycles. The van der Waals surface area contributed by atoms with Crippen LogP contribution in [-0.2, 0) is 30.5 Å². The van der Waals surface area contributed by atoms with Crippen LogP contribution in [0.4, 0.5) is 24.5 Å². The van der Waals surface area contributed by atoms with Gasteiger partial charge >= 0.3 is 18.1 Å². The van der Waals surface area contributed by atoms with E-state index >= 15 is 0 Å². The lowest BCUT2D eigenvalue weighted by Crippen LogP contribution is -2.38. The van der Waals surface area contributed by atoms with E-state index in [2.05, 4.69) is 14.8 Å². The monoisotopic (exact) mass is 550 g/mol. The molecule has 0 aromatic heterocycles. The van der Waals surface area contributed by atoms with Crippen molar-refractivity contribution < 1.29 is 45.4 Å². The van der Waals surface area contributed by atoms with Gasteiger partial charge in [0.25, 0.3) is 10.0 Å². The number of nitrogens with zero attached hydrogens (tertiary/aromatic N) is 1. The zero-order chi connectivity index (χ0) is 28.1. The van der Waals surface area contributed by atoms with Gasteiger partial charge in [0.05, 0.1) is 41.5 Å². The van der Waals surface area contributed by atoms with Gasteiger partial charge in [0.2, 0.25) is 5.91 Å². The van der Waals surface area contributed by atoms with Gasteiger partial charge in [-0.05, 0) is 48.5 Å². The van der Waals surface area contributed by atoms with E-state index in [-0.39, 0.29) is 21.7 Å². The summed E-state index contributed by atoms with van der Waals surface area (Å²) < 4.78 is 76.6. The number of carbonyl (C=O) groups is 3. The second-order valence-electron chi connectivity index (χ2n) is 7.70. The molecule has 0 atom stereocenters. The molecule has 0 unspecified atom stereocenters. The van der Waals surface area contributed by atoms with Crippen molar-refractivity contribution in [2.75, 3.05) is 30.4 Å². The van der Waals surface area contributed by atoms with Gasteiger partial charge < -0.3 is 14.8 Å². The zero-order valence-corrected chi connectivity index (χ0v) is 20.8. The molecular formula is C25H21F3N2O7S. The first-order valence-electron chi connectivity index (χ1n) is 10.7. The fraction of sp³-hybridized carbons (Fsp3) is 0.160. The number of alkyl halides is 3. The van der Waals surface area contributed by atoms with Gasteiger partial charge in [-0.2, -0.15) is 13.2 Å². The number of hydrogen-bond donors (Lipinski definition) is 1. The topological polar surface area (TPSA) is 119 Å². The van der Waals surface area contributed by atoms with E-state index in [0.717, 1.165) is 32.4 Å². The Kier molecular flexibility index (Phi) is 8.41. The minimum atomic E-state index is -4.76. The van der Waals surface area contributed by atoms with Gasteiger partial charge in [-0.3, -0.25) is 9.10 Å². The molecule has 0 radical (unpaired) electrons. The number of hydrogen-bond acceptors (Lipinski definition) is 7. The van der Waals surface area contributed by atoms with Crippen LogP contribution in [0.5, 0.6) is 0 Å². The molecule has 0 fully saturated rings. The van der Waals surface area contributed by atoms with Gasteiger partial charge in [0.15, 0.2) is 0 Å². The number of amides is 1. The van der Waals surface area contributed by atoms with Crippen molar-refractivity contribution in [2.45, 2.75) is 11.1 Å². The molecule has 0 saturated heterocycles. The second kappa shape index (κ2) is 11.3. The Morgan fingerprint density at radius 1 is 0.842 bits per heavy atom. The Morgan fingerprint density at radius 3 is 1.95 bits per heavy atom. The molecule has 0 heterocycles. The summed E-state index contributed by atoms with van der Waals surface area (Å²) >= 11 is 0. The summed E-state index contributed by atoms with van der Waals surface area (Å²) in [7, 11) is -2.29. The average Bonchev–Trinajstić information content (AvgIpc) is 2.90. The minimum absolute atomic E-state index is 0.0839. The Bertz CT molecular complexity index is 1430. The Hall–Kier alpha value is -4.39. The van der Waals surface area contributed by atoms with E-state index in [4.69, 9.17) is 0 Å². The third-order valence-corrected chi connectivity index (χ3v) is 6.93. The summed E-state index contributed by atoms with van der Waals surface area (Å²) in [6, 6.07) is 13.9. The van der Waals surface area contributed by atoms with Crippen molar-refractivity contribution in [3.63, 3.8) is 0 Å². The Morgan fingerprint density at radius 2 is 1.42 bits per heavy atom. The summed E-state index contributed by atoms with van der Waals surface area (Å²) in [5, 5.41) is 2.37. The fourth-order valence-corrected chi connectivity index (χ4v) is 4.81. The minimum Gasteiger partial charge on any atom is -0.465 e. The summed E-state index contributed by atoms with van der Waals surface area (Å²) in [6.45, 7) is -0.936. The van der Waals surface area contributed by atoms with Crippen LogP contribution in [0.3, 0.4) is 0 Å². The Balaban J connectivity index is 2.02. The number of nitrogens with one attached hydrogen (secondary N) is 1. The van der Waals surface area contributed by atoms with Crippen LogP contribution in [0.1, 0.15) is 26.3 Å². The average molecular weight is 551 g/mol. The Labute approximate surface area is 215 Å². The normalized spacial score (nSPS) is 11.4. The molecule has 1 N–H and O–H groups in total. The third kappa shape index (κ3) is 6.48. The number of sulfonamides is 1. The summed E-state index contributed by atoms with van der Waals surface area (Å²) in [5.74, 6) is -2.63. The summed E-state index contributed by atoms with van der Waals surface area (Å²) in [6.07, 6.45) is -4.76. The molecule has 0 spiro atoms. The lowest BCUT2D eigenvalue weighted by atomic mass is 10.1. The van der Waals surface area contributed by atoms with Gasteiger partial charge in [0.1, 0.15) is 6.54 Å². The molecule has 0 bridgehead atoms. The second-order valence-corrected chi connectivity index (χ2v) is 9.57. The number of ether oxygens (including phenoxy) is 2. The fourth-order valence-electron chi connectivity index (χ4n) is 3.37. The van der Waals surface area contributed by atoms with Crippen molar-refractivity contribution >= 4 is 39.2 Å². The number of esters is 2. The third-order valence-electron chi connectivity index (χ3n) is 5.14.